The molecule has 1 rings (SSSR count). The third-order valence-corrected chi connectivity index (χ3v) is 2.12. The minimum absolute atomic E-state index is 0.0483. The lowest BCUT2D eigenvalue weighted by Crippen LogP contribution is -2.25. The average molecular weight is 227 g/mol. The van der Waals surface area contributed by atoms with E-state index >= 15 is 0 Å². The van der Waals surface area contributed by atoms with Gasteiger partial charge in [-0.15, -0.1) is 11.6 Å². The minimum atomic E-state index is -0.403. The molecule has 1 saturated heterocycles. The van der Waals surface area contributed by atoms with E-state index in [1.165, 1.54) is 4.90 Å². The van der Waals surface area contributed by atoms with Crippen LogP contribution in [0.15, 0.2) is 0 Å². The smallest absolute Gasteiger partial charge is 0.300 e. The number of imide groups is 1. The van der Waals surface area contributed by atoms with Crippen molar-refractivity contribution in [2.24, 2.45) is 0 Å². The summed E-state index contributed by atoms with van der Waals surface area (Å²) < 4.78 is 0.870. The molecule has 0 radical (unpaired) electrons. The highest BCUT2D eigenvalue weighted by Gasteiger charge is 2.33. The Labute approximate surface area is 71.1 Å². The molecule has 1 heterocycles. The molecule has 0 saturated carbocycles. The number of carbonyl (C=O) groups is 2. The van der Waals surface area contributed by atoms with Crippen LogP contribution in [0.3, 0.4) is 0 Å². The van der Waals surface area contributed by atoms with Crippen LogP contribution in [0.1, 0.15) is 0 Å². The Morgan fingerprint density at radius 3 is 2.40 bits per heavy atom. The Hall–Kier alpha value is -0.290. The van der Waals surface area contributed by atoms with E-state index in [4.69, 9.17) is 11.6 Å². The van der Waals surface area contributed by atoms with Gasteiger partial charge in [-0.05, 0) is 0 Å². The van der Waals surface area contributed by atoms with Crippen molar-refractivity contribution in [1.29, 1.82) is 0 Å². The molecule has 0 aliphatic carbocycles. The lowest BCUT2D eigenvalue weighted by molar-refractivity contribution is -0.121. The molecule has 6 heteroatoms. The summed E-state index contributed by atoms with van der Waals surface area (Å²) in [5.74, 6) is -0.286. The summed E-state index contributed by atoms with van der Waals surface area (Å²) in [5, 5.41) is 0. The molecule has 3 amide bonds. The van der Waals surface area contributed by atoms with Gasteiger partial charge in [0.05, 0.1) is 22.2 Å². The van der Waals surface area contributed by atoms with Crippen molar-refractivity contribution in [2.45, 2.75) is 0 Å². The van der Waals surface area contributed by atoms with E-state index in [2.05, 4.69) is 16.1 Å². The normalized spacial score (nSPS) is 19.0. The molecule has 0 unspecified atom stereocenters. The monoisotopic (exact) mass is 226 g/mol. The Bertz CT molecular complexity index is 186. The fourth-order valence-corrected chi connectivity index (χ4v) is 1.14. The number of alkyl halides is 1. The summed E-state index contributed by atoms with van der Waals surface area (Å²) in [6.07, 6.45) is 0. The zero-order valence-electron chi connectivity index (χ0n) is 4.88. The highest BCUT2D eigenvalue weighted by molar-refractivity contribution is 9.08. The number of urea groups is 1. The van der Waals surface area contributed by atoms with Gasteiger partial charge in [-0.1, -0.05) is 0 Å². The van der Waals surface area contributed by atoms with Crippen LogP contribution in [0.5, 0.6) is 0 Å². The first-order valence-corrected chi connectivity index (χ1v) is 3.75. The summed E-state index contributed by atoms with van der Waals surface area (Å²) in [4.78, 5) is 22.8. The molecule has 0 aromatic carbocycles. The molecular formula is C4H4BrClN2O2. The van der Waals surface area contributed by atoms with E-state index in [1.54, 1.807) is 0 Å². The van der Waals surface area contributed by atoms with Gasteiger partial charge in [0.15, 0.2) is 0 Å². The Kier molecular flexibility index (Phi) is 2.15. The van der Waals surface area contributed by atoms with Crippen molar-refractivity contribution >= 4 is 39.7 Å². The number of halogens is 2. The fraction of sp³-hybridized carbons (Fsp3) is 0.500. The number of nitrogens with zero attached hydrogens (tertiary/aromatic N) is 2. The number of hydrogen-bond donors (Lipinski definition) is 0. The predicted molar refractivity (Wildman–Crippen MR) is 38.6 cm³/mol. The maximum Gasteiger partial charge on any atom is 0.338 e. The zero-order valence-corrected chi connectivity index (χ0v) is 7.22. The van der Waals surface area contributed by atoms with E-state index in [0.29, 0.717) is 0 Å². The van der Waals surface area contributed by atoms with Crippen molar-refractivity contribution in [3.63, 3.8) is 0 Å². The number of hydrogen-bond acceptors (Lipinski definition) is 2. The summed E-state index contributed by atoms with van der Waals surface area (Å²) in [6.45, 7) is 0.0631. The molecule has 0 aromatic heterocycles. The van der Waals surface area contributed by atoms with Crippen molar-refractivity contribution in [3.05, 3.63) is 0 Å². The van der Waals surface area contributed by atoms with Gasteiger partial charge in [-0.3, -0.25) is 4.79 Å². The first-order valence-electron chi connectivity index (χ1n) is 2.50. The van der Waals surface area contributed by atoms with Gasteiger partial charge in [0, 0.05) is 0 Å². The summed E-state index contributed by atoms with van der Waals surface area (Å²) in [5.41, 5.74) is 0. The van der Waals surface area contributed by atoms with Crippen molar-refractivity contribution in [1.82, 2.24) is 8.83 Å². The summed E-state index contributed by atoms with van der Waals surface area (Å²) in [6, 6.07) is -0.354. The largest absolute Gasteiger partial charge is 0.338 e. The standard InChI is InChI=1S/C4H4BrClN2O2/c5-8-3(9)1-7(2-6)4(8)10/h1-2H2. The third kappa shape index (κ3) is 1.11. The molecule has 0 aromatic rings. The van der Waals surface area contributed by atoms with Gasteiger partial charge >= 0.3 is 6.03 Å². The maximum atomic E-state index is 10.8. The van der Waals surface area contributed by atoms with E-state index in [0.717, 1.165) is 3.93 Å². The molecule has 0 atom stereocenters. The van der Waals surface area contributed by atoms with E-state index in [-0.39, 0.29) is 18.5 Å². The molecule has 56 valence electrons. The first-order chi connectivity index (χ1) is 4.66. The Morgan fingerprint density at radius 1 is 1.60 bits per heavy atom. The second-order valence-electron chi connectivity index (χ2n) is 1.77. The van der Waals surface area contributed by atoms with Gasteiger partial charge in [0.25, 0.3) is 5.91 Å². The number of rotatable bonds is 1. The predicted octanol–water partition coefficient (Wildman–Crippen LogP) is 0.757. The molecule has 1 aliphatic heterocycles. The lowest BCUT2D eigenvalue weighted by atomic mass is 10.6. The van der Waals surface area contributed by atoms with Crippen LogP contribution < -0.4 is 0 Å². The lowest BCUT2D eigenvalue weighted by Gasteiger charge is -2.07. The average Bonchev–Trinajstić information content (AvgIpc) is 2.17. The van der Waals surface area contributed by atoms with Gasteiger partial charge in [0.2, 0.25) is 0 Å². The van der Waals surface area contributed by atoms with Crippen LogP contribution in [0.25, 0.3) is 0 Å². The van der Waals surface area contributed by atoms with Crippen molar-refractivity contribution in [3.8, 4) is 0 Å². The summed E-state index contributed by atoms with van der Waals surface area (Å²) in [7, 11) is 0. The molecular weight excluding hydrogens is 223 g/mol. The SMILES string of the molecule is O=C1CN(CCl)C(=O)N1Br. The van der Waals surface area contributed by atoms with Gasteiger partial charge < -0.3 is 4.90 Å². The summed E-state index contributed by atoms with van der Waals surface area (Å²) >= 11 is 8.12. The van der Waals surface area contributed by atoms with E-state index < -0.39 is 6.03 Å². The van der Waals surface area contributed by atoms with E-state index in [9.17, 15) is 9.59 Å². The first kappa shape index (κ1) is 7.81. The van der Waals surface area contributed by atoms with Crippen LogP contribution >= 0.6 is 27.7 Å². The minimum Gasteiger partial charge on any atom is -0.300 e. The molecule has 0 spiro atoms. The molecule has 0 bridgehead atoms. The molecule has 1 aliphatic rings. The highest BCUT2D eigenvalue weighted by atomic mass is 79.9. The third-order valence-electron chi connectivity index (χ3n) is 1.13. The molecule has 1 fully saturated rings. The van der Waals surface area contributed by atoms with Crippen LogP contribution in [-0.4, -0.2) is 33.3 Å². The zero-order chi connectivity index (χ0) is 7.72. The maximum absolute atomic E-state index is 10.8. The molecule has 10 heavy (non-hydrogen) atoms. The van der Waals surface area contributed by atoms with Crippen LogP contribution in [0, 0.1) is 0 Å². The molecule has 4 nitrogen and oxygen atoms in total. The quantitative estimate of drug-likeness (QED) is 0.287. The second kappa shape index (κ2) is 2.75. The van der Waals surface area contributed by atoms with Crippen molar-refractivity contribution < 1.29 is 9.59 Å². The topological polar surface area (TPSA) is 40.6 Å². The van der Waals surface area contributed by atoms with Crippen LogP contribution in [0.2, 0.25) is 0 Å². The fourth-order valence-electron chi connectivity index (χ4n) is 0.617. The highest BCUT2D eigenvalue weighted by Crippen LogP contribution is 2.13. The number of carbonyl (C=O) groups excluding carboxylic acids is 2. The van der Waals surface area contributed by atoms with Crippen LogP contribution in [-0.2, 0) is 4.79 Å². The Balaban J connectivity index is 2.71. The van der Waals surface area contributed by atoms with E-state index in [1.807, 2.05) is 0 Å². The second-order valence-corrected chi connectivity index (χ2v) is 2.72. The Morgan fingerprint density at radius 2 is 2.20 bits per heavy atom. The van der Waals surface area contributed by atoms with Crippen molar-refractivity contribution in [2.75, 3.05) is 12.5 Å². The van der Waals surface area contributed by atoms with Gasteiger partial charge in [-0.2, -0.15) is 3.93 Å². The van der Waals surface area contributed by atoms with Gasteiger partial charge in [-0.25, -0.2) is 4.79 Å². The molecule has 0 N–H and O–H groups in total. The van der Waals surface area contributed by atoms with Crippen LogP contribution in [0.4, 0.5) is 4.79 Å². The number of amides is 3. The van der Waals surface area contributed by atoms with Gasteiger partial charge in [0.1, 0.15) is 6.54 Å².